The minimum atomic E-state index is -0.895. The number of carbonyl (C=O) groups is 1. The Bertz CT molecular complexity index is 1760. The first kappa shape index (κ1) is 34.2. The molecule has 2 amide bonds. The molecule has 2 saturated heterocycles. The van der Waals surface area contributed by atoms with E-state index in [1.165, 1.54) is 12.1 Å². The van der Waals surface area contributed by atoms with Gasteiger partial charge in [-0.15, -0.1) is 0 Å². The number of fused-ring (bicyclic) bond motifs is 1. The SMILES string of the molecule is CCCCOc1cccc(CN2C(=O)N(Cc3ccc(F)c(C#N)c3)[C@H](Cc3ccccc3)[C@@H]3OC(C)(C)O[C@H]3[C@H]2Cc2ccccc2)c1. The molecule has 0 unspecified atom stereocenters. The summed E-state index contributed by atoms with van der Waals surface area (Å²) >= 11 is 0. The molecule has 0 bridgehead atoms. The number of carbonyl (C=O) groups excluding carboxylic acids is 1. The molecule has 0 saturated carbocycles. The van der Waals surface area contributed by atoms with E-state index in [2.05, 4.69) is 31.2 Å². The maximum atomic E-state index is 15.2. The highest BCUT2D eigenvalue weighted by Crippen LogP contribution is 2.40. The molecular weight excluding hydrogens is 617 g/mol. The van der Waals surface area contributed by atoms with Gasteiger partial charge in [0.2, 0.25) is 0 Å². The molecule has 2 aliphatic rings. The van der Waals surface area contributed by atoms with Gasteiger partial charge in [-0.2, -0.15) is 5.26 Å². The van der Waals surface area contributed by atoms with Crippen molar-refractivity contribution in [3.05, 3.63) is 137 Å². The number of urea groups is 1. The lowest BCUT2D eigenvalue weighted by Crippen LogP contribution is -2.51. The molecule has 2 heterocycles. The number of hydrogen-bond acceptors (Lipinski definition) is 5. The van der Waals surface area contributed by atoms with Crippen molar-refractivity contribution in [1.29, 1.82) is 5.26 Å². The van der Waals surface area contributed by atoms with E-state index in [9.17, 15) is 9.65 Å². The number of unbranched alkanes of at least 4 members (excludes halogenated alkanes) is 1. The summed E-state index contributed by atoms with van der Waals surface area (Å²) in [5, 5.41) is 9.62. The molecule has 4 aromatic rings. The average molecular weight is 662 g/mol. The summed E-state index contributed by atoms with van der Waals surface area (Å²) in [6.45, 7) is 7.08. The van der Waals surface area contributed by atoms with Gasteiger partial charge < -0.3 is 24.0 Å². The first-order valence-electron chi connectivity index (χ1n) is 17.2. The second kappa shape index (κ2) is 15.2. The lowest BCUT2D eigenvalue weighted by Gasteiger charge is -2.37. The summed E-state index contributed by atoms with van der Waals surface area (Å²) in [4.78, 5) is 19.0. The van der Waals surface area contributed by atoms with Gasteiger partial charge in [-0.1, -0.05) is 92.2 Å². The van der Waals surface area contributed by atoms with E-state index in [1.54, 1.807) is 6.07 Å². The van der Waals surface area contributed by atoms with Crippen molar-refractivity contribution in [2.75, 3.05) is 6.61 Å². The molecule has 0 spiro atoms. The fourth-order valence-corrected chi connectivity index (χ4v) is 6.97. The normalized spacial score (nSPS) is 21.6. The van der Waals surface area contributed by atoms with Gasteiger partial charge in [0.25, 0.3) is 0 Å². The van der Waals surface area contributed by atoms with E-state index in [0.717, 1.165) is 35.3 Å². The maximum Gasteiger partial charge on any atom is 0.321 e. The summed E-state index contributed by atoms with van der Waals surface area (Å²) in [6, 6.07) is 33.6. The van der Waals surface area contributed by atoms with Crippen LogP contribution in [0.3, 0.4) is 0 Å². The Morgan fingerprint density at radius 3 is 1.88 bits per heavy atom. The maximum absolute atomic E-state index is 15.2. The van der Waals surface area contributed by atoms with Gasteiger partial charge >= 0.3 is 6.03 Å². The molecule has 6 rings (SSSR count). The van der Waals surface area contributed by atoms with Crippen LogP contribution in [0.15, 0.2) is 103 Å². The minimum absolute atomic E-state index is 0.0578. The zero-order valence-electron chi connectivity index (χ0n) is 28.4. The topological polar surface area (TPSA) is 75.0 Å². The number of nitriles is 1. The summed E-state index contributed by atoms with van der Waals surface area (Å²) in [5.74, 6) is -0.718. The molecule has 2 fully saturated rings. The van der Waals surface area contributed by atoms with Crippen molar-refractivity contribution in [2.24, 2.45) is 0 Å². The number of amides is 2. The fourth-order valence-electron chi connectivity index (χ4n) is 6.97. The fraction of sp³-hybridized carbons (Fsp3) is 0.366. The van der Waals surface area contributed by atoms with E-state index in [-0.39, 0.29) is 24.2 Å². The third kappa shape index (κ3) is 8.13. The van der Waals surface area contributed by atoms with Crippen molar-refractivity contribution < 1.29 is 23.4 Å². The second-order valence-corrected chi connectivity index (χ2v) is 13.4. The van der Waals surface area contributed by atoms with Crippen LogP contribution in [0.4, 0.5) is 9.18 Å². The van der Waals surface area contributed by atoms with Crippen molar-refractivity contribution >= 4 is 6.03 Å². The van der Waals surface area contributed by atoms with Crippen LogP contribution in [0.2, 0.25) is 0 Å². The third-order valence-electron chi connectivity index (χ3n) is 9.31. The molecule has 0 aliphatic carbocycles. The average Bonchev–Trinajstić information content (AvgIpc) is 3.41. The van der Waals surface area contributed by atoms with Gasteiger partial charge in [0.05, 0.1) is 24.3 Å². The smallest absolute Gasteiger partial charge is 0.321 e. The lowest BCUT2D eigenvalue weighted by molar-refractivity contribution is -0.157. The van der Waals surface area contributed by atoms with Crippen LogP contribution in [-0.2, 0) is 35.4 Å². The van der Waals surface area contributed by atoms with E-state index < -0.39 is 29.9 Å². The third-order valence-corrected chi connectivity index (χ3v) is 9.31. The molecule has 0 aromatic heterocycles. The summed E-state index contributed by atoms with van der Waals surface area (Å²) in [5.41, 5.74) is 3.67. The van der Waals surface area contributed by atoms with E-state index in [0.29, 0.717) is 31.6 Å². The molecule has 0 radical (unpaired) electrons. The molecule has 2 aliphatic heterocycles. The Hall–Kier alpha value is -4.71. The van der Waals surface area contributed by atoms with Crippen LogP contribution in [0.5, 0.6) is 5.75 Å². The van der Waals surface area contributed by atoms with Crippen molar-refractivity contribution in [3.8, 4) is 11.8 Å². The zero-order chi connectivity index (χ0) is 34.4. The number of halogens is 1. The van der Waals surface area contributed by atoms with Crippen LogP contribution in [-0.4, -0.2) is 52.5 Å². The number of benzene rings is 4. The summed E-state index contributed by atoms with van der Waals surface area (Å²) < 4.78 is 34.0. The predicted octanol–water partition coefficient (Wildman–Crippen LogP) is 8.06. The molecular formula is C41H44FN3O4. The number of nitrogens with zero attached hydrogens (tertiary/aromatic N) is 3. The van der Waals surface area contributed by atoms with Gasteiger partial charge in [-0.25, -0.2) is 9.18 Å². The summed E-state index contributed by atoms with van der Waals surface area (Å²) in [6.07, 6.45) is 2.14. The van der Waals surface area contributed by atoms with E-state index >= 15 is 4.79 Å². The van der Waals surface area contributed by atoms with Gasteiger partial charge in [0.1, 0.15) is 29.8 Å². The highest BCUT2D eigenvalue weighted by atomic mass is 19.1. The molecule has 0 N–H and O–H groups in total. The minimum Gasteiger partial charge on any atom is -0.494 e. The van der Waals surface area contributed by atoms with Crippen LogP contribution >= 0.6 is 0 Å². The highest BCUT2D eigenvalue weighted by Gasteiger charge is 2.55. The molecule has 7 nitrogen and oxygen atoms in total. The molecule has 254 valence electrons. The number of rotatable bonds is 12. The molecule has 4 aromatic carbocycles. The first-order valence-corrected chi connectivity index (χ1v) is 17.2. The Morgan fingerprint density at radius 2 is 1.33 bits per heavy atom. The van der Waals surface area contributed by atoms with Crippen molar-refractivity contribution in [3.63, 3.8) is 0 Å². The standard InChI is InChI=1S/C41H44FN3O4/c1-4-5-21-47-34-18-12-17-31(23-34)27-44-36(24-29-13-8-6-9-14-29)38-39(49-41(2,3)48-38)37(25-30-15-10-7-11-16-30)45(40(44)46)28-32-19-20-35(42)33(22-32)26-43/h6-20,22-23,36-39H,4-5,21,24-25,27-28H2,1-3H3/t36-,37-,38+,39+/m1/s1. The van der Waals surface area contributed by atoms with Crippen LogP contribution in [0.25, 0.3) is 0 Å². The van der Waals surface area contributed by atoms with E-state index in [4.69, 9.17) is 14.2 Å². The quantitative estimate of drug-likeness (QED) is 0.144. The second-order valence-electron chi connectivity index (χ2n) is 13.4. The van der Waals surface area contributed by atoms with Crippen LogP contribution < -0.4 is 4.74 Å². The number of hydrogen-bond donors (Lipinski definition) is 0. The van der Waals surface area contributed by atoms with Crippen LogP contribution in [0.1, 0.15) is 61.4 Å². The first-order chi connectivity index (χ1) is 23.7. The summed E-state index contributed by atoms with van der Waals surface area (Å²) in [7, 11) is 0. The Kier molecular flexibility index (Phi) is 10.6. The monoisotopic (exact) mass is 661 g/mol. The highest BCUT2D eigenvalue weighted by molar-refractivity contribution is 5.76. The van der Waals surface area contributed by atoms with Crippen molar-refractivity contribution in [2.45, 2.75) is 89.6 Å². The zero-order valence-corrected chi connectivity index (χ0v) is 28.4. The van der Waals surface area contributed by atoms with E-state index in [1.807, 2.05) is 90.4 Å². The largest absolute Gasteiger partial charge is 0.494 e. The Labute approximate surface area is 288 Å². The Morgan fingerprint density at radius 1 is 0.776 bits per heavy atom. The van der Waals surface area contributed by atoms with Crippen molar-refractivity contribution in [1.82, 2.24) is 9.80 Å². The molecule has 49 heavy (non-hydrogen) atoms. The lowest BCUT2D eigenvalue weighted by atomic mass is 9.91. The number of ether oxygens (including phenoxy) is 3. The van der Waals surface area contributed by atoms with Crippen LogP contribution in [0, 0.1) is 17.1 Å². The predicted molar refractivity (Wildman–Crippen MR) is 186 cm³/mol. The molecule has 4 atom stereocenters. The van der Waals surface area contributed by atoms with Gasteiger partial charge in [-0.05, 0) is 79.6 Å². The Balaban J connectivity index is 1.47. The van der Waals surface area contributed by atoms with Gasteiger partial charge in [-0.3, -0.25) is 0 Å². The van der Waals surface area contributed by atoms with Gasteiger partial charge in [0.15, 0.2) is 5.79 Å². The molecule has 8 heteroatoms. The van der Waals surface area contributed by atoms with Gasteiger partial charge in [0, 0.05) is 13.1 Å².